The lowest BCUT2D eigenvalue weighted by atomic mass is 10.3. The van der Waals surface area contributed by atoms with Crippen molar-refractivity contribution < 1.29 is 22.7 Å². The van der Waals surface area contributed by atoms with Crippen LogP contribution >= 0.6 is 11.3 Å². The zero-order valence-corrected chi connectivity index (χ0v) is 13.7. The van der Waals surface area contributed by atoms with Crippen LogP contribution in [0.15, 0.2) is 6.07 Å². The van der Waals surface area contributed by atoms with Gasteiger partial charge in [0.15, 0.2) is 16.1 Å². The van der Waals surface area contributed by atoms with Crippen LogP contribution in [0.25, 0.3) is 0 Å². The van der Waals surface area contributed by atoms with Gasteiger partial charge in [0.1, 0.15) is 0 Å². The standard InChI is InChI=1S/C13H19NO5S2/c1-3-18-12(19-4-2)6-14-13(15)10-5-9-7-21(16,17)8-11(9)20-10/h5,12H,3-4,6-8H2,1-2H3,(H,14,15). The second-order valence-corrected chi connectivity index (χ2v) is 7.84. The molecule has 0 bridgehead atoms. The monoisotopic (exact) mass is 333 g/mol. The van der Waals surface area contributed by atoms with E-state index in [1.165, 1.54) is 11.3 Å². The van der Waals surface area contributed by atoms with Gasteiger partial charge in [0, 0.05) is 18.1 Å². The lowest BCUT2D eigenvalue weighted by Gasteiger charge is -2.17. The molecule has 1 N–H and O–H groups in total. The zero-order chi connectivity index (χ0) is 15.5. The predicted molar refractivity (Wildman–Crippen MR) is 80.0 cm³/mol. The lowest BCUT2D eigenvalue weighted by Crippen LogP contribution is -2.35. The van der Waals surface area contributed by atoms with Crippen molar-refractivity contribution in [3.63, 3.8) is 0 Å². The van der Waals surface area contributed by atoms with Crippen LogP contribution in [0.4, 0.5) is 0 Å². The molecule has 2 rings (SSSR count). The van der Waals surface area contributed by atoms with Gasteiger partial charge in [-0.1, -0.05) is 0 Å². The molecule has 1 aliphatic rings. The van der Waals surface area contributed by atoms with Gasteiger partial charge in [-0.05, 0) is 25.5 Å². The van der Waals surface area contributed by atoms with E-state index in [1.54, 1.807) is 6.07 Å². The number of ether oxygens (including phenoxy) is 2. The molecule has 0 unspecified atom stereocenters. The number of carbonyl (C=O) groups excluding carboxylic acids is 1. The highest BCUT2D eigenvalue weighted by molar-refractivity contribution is 7.90. The first kappa shape index (κ1) is 16.4. The second kappa shape index (κ2) is 6.87. The Bertz CT molecular complexity index is 573. The molecule has 1 aromatic heterocycles. The largest absolute Gasteiger partial charge is 0.351 e. The van der Waals surface area contributed by atoms with Crippen molar-refractivity contribution in [1.82, 2.24) is 5.32 Å². The molecule has 0 aliphatic carbocycles. The Morgan fingerprint density at radius 1 is 1.33 bits per heavy atom. The van der Waals surface area contributed by atoms with Crippen LogP contribution in [0.1, 0.15) is 34.0 Å². The van der Waals surface area contributed by atoms with E-state index in [0.717, 1.165) is 10.4 Å². The van der Waals surface area contributed by atoms with Crippen LogP contribution in [-0.4, -0.2) is 40.4 Å². The highest BCUT2D eigenvalue weighted by Gasteiger charge is 2.28. The van der Waals surface area contributed by atoms with Crippen molar-refractivity contribution in [1.29, 1.82) is 0 Å². The number of fused-ring (bicyclic) bond motifs is 1. The minimum Gasteiger partial charge on any atom is -0.351 e. The van der Waals surface area contributed by atoms with E-state index in [2.05, 4.69) is 5.32 Å². The zero-order valence-electron chi connectivity index (χ0n) is 12.0. The summed E-state index contributed by atoms with van der Waals surface area (Å²) in [4.78, 5) is 13.4. The molecule has 1 amide bonds. The van der Waals surface area contributed by atoms with Gasteiger partial charge in [-0.25, -0.2) is 8.42 Å². The third-order valence-corrected chi connectivity index (χ3v) is 5.82. The maximum Gasteiger partial charge on any atom is 0.261 e. The van der Waals surface area contributed by atoms with Gasteiger partial charge >= 0.3 is 0 Å². The summed E-state index contributed by atoms with van der Waals surface area (Å²) in [5.41, 5.74) is 0.747. The number of thiophene rings is 1. The third-order valence-electron chi connectivity index (χ3n) is 2.98. The van der Waals surface area contributed by atoms with Crippen LogP contribution in [0.3, 0.4) is 0 Å². The van der Waals surface area contributed by atoms with Crippen LogP contribution in [0, 0.1) is 0 Å². The maximum absolute atomic E-state index is 12.1. The summed E-state index contributed by atoms with van der Waals surface area (Å²) < 4.78 is 33.6. The van der Waals surface area contributed by atoms with Gasteiger partial charge in [-0.15, -0.1) is 11.3 Å². The average molecular weight is 333 g/mol. The molecule has 1 aromatic rings. The minimum atomic E-state index is -3.01. The fourth-order valence-corrected chi connectivity index (χ4v) is 5.29. The molecule has 1 aliphatic heterocycles. The van der Waals surface area contributed by atoms with Crippen LogP contribution in [0.5, 0.6) is 0 Å². The van der Waals surface area contributed by atoms with Gasteiger partial charge in [0.05, 0.1) is 22.9 Å². The van der Waals surface area contributed by atoms with E-state index in [4.69, 9.17) is 9.47 Å². The fraction of sp³-hybridized carbons (Fsp3) is 0.615. The fourth-order valence-electron chi connectivity index (χ4n) is 2.11. The molecule has 0 atom stereocenters. The molecular weight excluding hydrogens is 314 g/mol. The highest BCUT2D eigenvalue weighted by atomic mass is 32.2. The van der Waals surface area contributed by atoms with Crippen molar-refractivity contribution in [3.8, 4) is 0 Å². The molecule has 21 heavy (non-hydrogen) atoms. The van der Waals surface area contributed by atoms with E-state index in [0.29, 0.717) is 18.1 Å². The minimum absolute atomic E-state index is 0.0344. The highest BCUT2D eigenvalue weighted by Crippen LogP contribution is 2.32. The van der Waals surface area contributed by atoms with Crippen LogP contribution in [0.2, 0.25) is 0 Å². The first-order valence-corrected chi connectivity index (χ1v) is 9.42. The molecule has 0 radical (unpaired) electrons. The molecule has 118 valence electrons. The number of amides is 1. The Balaban J connectivity index is 1.93. The summed E-state index contributed by atoms with van der Waals surface area (Å²) in [7, 11) is -3.01. The molecule has 0 saturated carbocycles. The topological polar surface area (TPSA) is 81.7 Å². The van der Waals surface area contributed by atoms with Crippen molar-refractivity contribution in [2.75, 3.05) is 19.8 Å². The Labute approximate surface area is 128 Å². The quantitative estimate of drug-likeness (QED) is 0.761. The summed E-state index contributed by atoms with van der Waals surface area (Å²) in [5, 5.41) is 2.75. The number of hydrogen-bond acceptors (Lipinski definition) is 6. The third kappa shape index (κ3) is 4.26. The Morgan fingerprint density at radius 3 is 2.57 bits per heavy atom. The summed E-state index contributed by atoms with van der Waals surface area (Å²) in [5.74, 6) is -0.149. The van der Waals surface area contributed by atoms with Gasteiger partial charge in [-0.3, -0.25) is 4.79 Å². The van der Waals surface area contributed by atoms with Crippen molar-refractivity contribution in [3.05, 3.63) is 21.4 Å². The molecule has 0 spiro atoms. The van der Waals surface area contributed by atoms with E-state index < -0.39 is 16.1 Å². The number of rotatable bonds is 7. The van der Waals surface area contributed by atoms with E-state index in [9.17, 15) is 13.2 Å². The van der Waals surface area contributed by atoms with Crippen molar-refractivity contribution >= 4 is 27.1 Å². The molecule has 2 heterocycles. The molecule has 0 fully saturated rings. The van der Waals surface area contributed by atoms with Crippen molar-refractivity contribution in [2.24, 2.45) is 0 Å². The second-order valence-electron chi connectivity index (χ2n) is 4.64. The van der Waals surface area contributed by atoms with Gasteiger partial charge in [-0.2, -0.15) is 0 Å². The summed E-state index contributed by atoms with van der Waals surface area (Å²) >= 11 is 1.24. The predicted octanol–water partition coefficient (Wildman–Crippen LogP) is 1.31. The SMILES string of the molecule is CCOC(CNC(=O)c1cc2c(s1)CS(=O)(=O)C2)OCC. The molecular formula is C13H19NO5S2. The van der Waals surface area contributed by atoms with E-state index >= 15 is 0 Å². The normalized spacial score (nSPS) is 16.1. The molecule has 6 nitrogen and oxygen atoms in total. The Hall–Kier alpha value is -0.960. The Kier molecular flexibility index (Phi) is 5.37. The number of sulfone groups is 1. The smallest absolute Gasteiger partial charge is 0.261 e. The van der Waals surface area contributed by atoms with E-state index in [1.807, 2.05) is 13.8 Å². The first-order chi connectivity index (χ1) is 9.95. The molecule has 0 saturated heterocycles. The maximum atomic E-state index is 12.1. The van der Waals surface area contributed by atoms with Gasteiger partial charge < -0.3 is 14.8 Å². The molecule has 0 aromatic carbocycles. The number of nitrogens with one attached hydrogen (secondary N) is 1. The van der Waals surface area contributed by atoms with Gasteiger partial charge in [0.25, 0.3) is 5.91 Å². The summed E-state index contributed by atoms with van der Waals surface area (Å²) in [6.45, 7) is 5.00. The van der Waals surface area contributed by atoms with E-state index in [-0.39, 0.29) is 24.0 Å². The lowest BCUT2D eigenvalue weighted by molar-refractivity contribution is -0.131. The number of carbonyl (C=O) groups is 1. The average Bonchev–Trinajstić information content (AvgIpc) is 2.89. The van der Waals surface area contributed by atoms with Gasteiger partial charge in [0.2, 0.25) is 0 Å². The van der Waals surface area contributed by atoms with Crippen LogP contribution < -0.4 is 5.32 Å². The Morgan fingerprint density at radius 2 is 2.00 bits per heavy atom. The van der Waals surface area contributed by atoms with Crippen molar-refractivity contribution in [2.45, 2.75) is 31.6 Å². The summed E-state index contributed by atoms with van der Waals surface area (Å²) in [6.07, 6.45) is -0.462. The first-order valence-electron chi connectivity index (χ1n) is 6.78. The number of hydrogen-bond donors (Lipinski definition) is 1. The summed E-state index contributed by atoms with van der Waals surface area (Å²) in [6, 6.07) is 1.66. The van der Waals surface area contributed by atoms with Crippen LogP contribution in [-0.2, 0) is 30.8 Å². The molecule has 8 heteroatoms.